The third kappa shape index (κ3) is 18.2. The zero-order valence-corrected chi connectivity index (χ0v) is 20.6. The number of carboxylic acid groups (broad SMARTS) is 1. The van der Waals surface area contributed by atoms with Crippen LogP contribution in [0.5, 0.6) is 0 Å². The quantitative estimate of drug-likeness (QED) is 0.133. The van der Waals surface area contributed by atoms with Crippen molar-refractivity contribution in [1.29, 1.82) is 0 Å². The predicted molar refractivity (Wildman–Crippen MR) is 124 cm³/mol. The summed E-state index contributed by atoms with van der Waals surface area (Å²) in [6, 6.07) is 0. The Labute approximate surface area is 187 Å². The fourth-order valence-corrected chi connectivity index (χ4v) is 3.93. The minimum Gasteiger partial charge on any atom is -0.550 e. The minimum atomic E-state index is -1.00. The van der Waals surface area contributed by atoms with Crippen molar-refractivity contribution >= 4 is 5.97 Å². The van der Waals surface area contributed by atoms with Crippen LogP contribution in [0.3, 0.4) is 0 Å². The second-order valence-electron chi connectivity index (χ2n) is 8.94. The van der Waals surface area contributed by atoms with E-state index >= 15 is 0 Å². The first-order valence-corrected chi connectivity index (χ1v) is 13.0. The number of carboxylic acids is 1. The summed E-state index contributed by atoms with van der Waals surface area (Å²) in [5.41, 5.74) is 0. The molecule has 3 unspecified atom stereocenters. The number of rotatable bonds is 23. The van der Waals surface area contributed by atoms with Crippen LogP contribution < -0.4 is 5.11 Å². The maximum atomic E-state index is 11.5. The molecule has 0 aliphatic heterocycles. The predicted octanol–water partition coefficient (Wildman–Crippen LogP) is 6.79. The highest BCUT2D eigenvalue weighted by atomic mass is 16.7. The lowest BCUT2D eigenvalue weighted by Gasteiger charge is -2.28. The fraction of sp³-hybridized carbons (Fsp3) is 0.962. The summed E-state index contributed by atoms with van der Waals surface area (Å²) in [7, 11) is 0. The van der Waals surface area contributed by atoms with Gasteiger partial charge in [-0.3, -0.25) is 0 Å². The number of carbonyl (C=O) groups is 1. The lowest BCUT2D eigenvalue weighted by atomic mass is 9.95. The van der Waals surface area contributed by atoms with Crippen LogP contribution in [0.1, 0.15) is 137 Å². The van der Waals surface area contributed by atoms with Gasteiger partial charge in [0.05, 0.1) is 6.10 Å². The van der Waals surface area contributed by atoms with Crippen LogP contribution in [0.25, 0.3) is 0 Å². The Morgan fingerprint density at radius 1 is 0.700 bits per heavy atom. The molecule has 30 heavy (non-hydrogen) atoms. The smallest absolute Gasteiger partial charge is 0.155 e. The second-order valence-corrected chi connectivity index (χ2v) is 8.94. The van der Waals surface area contributed by atoms with Gasteiger partial charge in [0, 0.05) is 18.5 Å². The first-order valence-electron chi connectivity index (χ1n) is 13.0. The lowest BCUT2D eigenvalue weighted by Crippen LogP contribution is -2.40. The van der Waals surface area contributed by atoms with Gasteiger partial charge in [0.15, 0.2) is 6.29 Å². The topological polar surface area (TPSA) is 58.6 Å². The maximum Gasteiger partial charge on any atom is 0.155 e. The summed E-state index contributed by atoms with van der Waals surface area (Å²) in [5, 5.41) is 11.5. The van der Waals surface area contributed by atoms with Gasteiger partial charge < -0.3 is 19.4 Å². The van der Waals surface area contributed by atoms with Crippen molar-refractivity contribution < 1.29 is 19.4 Å². The van der Waals surface area contributed by atoms with E-state index in [0.717, 1.165) is 25.7 Å². The van der Waals surface area contributed by atoms with Crippen LogP contribution in [-0.2, 0) is 14.3 Å². The Morgan fingerprint density at radius 2 is 1.13 bits per heavy atom. The number of ether oxygens (including phenoxy) is 2. The second kappa shape index (κ2) is 21.6. The summed E-state index contributed by atoms with van der Waals surface area (Å²) in [5.74, 6) is -1.56. The Balaban J connectivity index is 3.66. The van der Waals surface area contributed by atoms with E-state index in [2.05, 4.69) is 13.8 Å². The van der Waals surface area contributed by atoms with Crippen LogP contribution >= 0.6 is 0 Å². The average molecular weight is 428 g/mol. The molecule has 0 aromatic heterocycles. The van der Waals surface area contributed by atoms with Gasteiger partial charge in [0.25, 0.3) is 0 Å². The minimum absolute atomic E-state index is 0.371. The van der Waals surface area contributed by atoms with Crippen LogP contribution in [0, 0.1) is 5.92 Å². The van der Waals surface area contributed by atoms with Crippen LogP contribution in [0.15, 0.2) is 0 Å². The molecule has 0 aliphatic carbocycles. The Kier molecular flexibility index (Phi) is 21.2. The van der Waals surface area contributed by atoms with E-state index < -0.39 is 11.9 Å². The molecule has 0 aromatic carbocycles. The molecule has 0 saturated heterocycles. The average Bonchev–Trinajstić information content (AvgIpc) is 2.70. The van der Waals surface area contributed by atoms with Gasteiger partial charge in [0.2, 0.25) is 0 Å². The van der Waals surface area contributed by atoms with E-state index in [9.17, 15) is 9.90 Å². The van der Waals surface area contributed by atoms with Gasteiger partial charge in [-0.25, -0.2) is 0 Å². The molecule has 0 bridgehead atoms. The van der Waals surface area contributed by atoms with Crippen molar-refractivity contribution in [3.05, 3.63) is 0 Å². The summed E-state index contributed by atoms with van der Waals surface area (Å²) in [4.78, 5) is 11.5. The number of hydrogen-bond donors (Lipinski definition) is 0. The molecule has 0 saturated carbocycles. The van der Waals surface area contributed by atoms with Gasteiger partial charge in [-0.2, -0.15) is 0 Å². The van der Waals surface area contributed by atoms with Gasteiger partial charge >= 0.3 is 0 Å². The molecule has 0 rings (SSSR count). The maximum absolute atomic E-state index is 11.5. The molecule has 0 N–H and O–H groups in total. The first kappa shape index (κ1) is 29.4. The van der Waals surface area contributed by atoms with Crippen LogP contribution in [0.4, 0.5) is 0 Å². The molecular weight excluding hydrogens is 376 g/mol. The van der Waals surface area contributed by atoms with E-state index in [0.29, 0.717) is 13.0 Å². The Bertz CT molecular complexity index is 372. The van der Waals surface area contributed by atoms with Crippen LogP contribution in [-0.4, -0.2) is 25.0 Å². The van der Waals surface area contributed by atoms with E-state index in [1.807, 2.05) is 13.8 Å². The summed E-state index contributed by atoms with van der Waals surface area (Å²) in [6.45, 7) is 8.69. The highest BCUT2D eigenvalue weighted by molar-refractivity contribution is 5.68. The summed E-state index contributed by atoms with van der Waals surface area (Å²) < 4.78 is 11.3. The monoisotopic (exact) mass is 427 g/mol. The molecule has 0 aromatic rings. The van der Waals surface area contributed by atoms with Crippen molar-refractivity contribution in [2.75, 3.05) is 6.61 Å². The summed E-state index contributed by atoms with van der Waals surface area (Å²) in [6.07, 6.45) is 20.2. The third-order valence-corrected chi connectivity index (χ3v) is 5.99. The van der Waals surface area contributed by atoms with E-state index in [1.54, 1.807) is 0 Å². The highest BCUT2D eigenvalue weighted by Crippen LogP contribution is 2.19. The van der Waals surface area contributed by atoms with E-state index in [-0.39, 0.29) is 12.4 Å². The zero-order chi connectivity index (χ0) is 22.5. The van der Waals surface area contributed by atoms with E-state index in [4.69, 9.17) is 9.47 Å². The van der Waals surface area contributed by atoms with Crippen molar-refractivity contribution in [2.45, 2.75) is 149 Å². The number of aliphatic carboxylic acids is 1. The molecule has 4 heteroatoms. The molecule has 4 nitrogen and oxygen atoms in total. The lowest BCUT2D eigenvalue weighted by molar-refractivity contribution is -0.316. The summed E-state index contributed by atoms with van der Waals surface area (Å²) >= 11 is 0. The molecule has 0 radical (unpaired) electrons. The van der Waals surface area contributed by atoms with Gasteiger partial charge in [0.1, 0.15) is 0 Å². The number of carbonyl (C=O) groups excluding carboxylic acids is 1. The van der Waals surface area contributed by atoms with Gasteiger partial charge in [-0.1, -0.05) is 110 Å². The molecule has 0 spiro atoms. The largest absolute Gasteiger partial charge is 0.550 e. The van der Waals surface area contributed by atoms with Crippen molar-refractivity contribution in [2.24, 2.45) is 5.92 Å². The highest BCUT2D eigenvalue weighted by Gasteiger charge is 2.21. The molecule has 0 fully saturated rings. The molecule has 0 heterocycles. The first-order chi connectivity index (χ1) is 14.5. The molecule has 180 valence electrons. The SMILES string of the molecule is CCCCCCCCCCCCCCCCC(C(=O)[O-])C(C)OC(C)OCCCC. The van der Waals surface area contributed by atoms with E-state index in [1.165, 1.54) is 77.0 Å². The van der Waals surface area contributed by atoms with Crippen molar-refractivity contribution in [1.82, 2.24) is 0 Å². The van der Waals surface area contributed by atoms with Gasteiger partial charge in [-0.05, 0) is 26.7 Å². The molecule has 0 aliphatic rings. The Morgan fingerprint density at radius 3 is 1.57 bits per heavy atom. The van der Waals surface area contributed by atoms with Crippen LogP contribution in [0.2, 0.25) is 0 Å². The van der Waals surface area contributed by atoms with Crippen molar-refractivity contribution in [3.8, 4) is 0 Å². The normalized spacial score (nSPS) is 14.5. The zero-order valence-electron chi connectivity index (χ0n) is 20.6. The Hall–Kier alpha value is -0.610. The number of unbranched alkanes of at least 4 members (excludes halogenated alkanes) is 14. The molecule has 0 amide bonds. The van der Waals surface area contributed by atoms with Gasteiger partial charge in [-0.15, -0.1) is 0 Å². The molecular formula is C26H51O4-. The molecule has 3 atom stereocenters. The standard InChI is InChI=1S/C26H52O4/c1-5-7-9-10-11-12-13-14-15-16-17-18-19-20-21-25(26(27)28)23(3)30-24(4)29-22-8-6-2/h23-25H,5-22H2,1-4H3,(H,27,28)/p-1. The van der Waals surface area contributed by atoms with Crippen molar-refractivity contribution in [3.63, 3.8) is 0 Å². The third-order valence-electron chi connectivity index (χ3n) is 5.99. The fourth-order valence-electron chi connectivity index (χ4n) is 3.93. The number of hydrogen-bond acceptors (Lipinski definition) is 4.